The molecule has 1 aromatic carbocycles. The van der Waals surface area contributed by atoms with E-state index in [0.717, 1.165) is 28.0 Å². The summed E-state index contributed by atoms with van der Waals surface area (Å²) in [5, 5.41) is 0. The van der Waals surface area contributed by atoms with Gasteiger partial charge in [0.25, 0.3) is 0 Å². The minimum absolute atomic E-state index is 0.108. The van der Waals surface area contributed by atoms with E-state index in [-0.39, 0.29) is 12.8 Å². The lowest BCUT2D eigenvalue weighted by Gasteiger charge is -2.04. The lowest BCUT2D eigenvalue weighted by molar-refractivity contribution is 0.174. The Bertz CT molecular complexity index is 430. The van der Waals surface area contributed by atoms with Gasteiger partial charge in [0.05, 0.1) is 0 Å². The molecule has 1 aliphatic rings. The molecule has 1 heterocycles. The molecular formula is C10H12BrN3O2. The molecule has 0 fully saturated rings. The second-order valence-corrected chi connectivity index (χ2v) is 4.21. The normalized spacial score (nSPS) is 12.6. The molecule has 0 aliphatic carbocycles. The lowest BCUT2D eigenvalue weighted by atomic mass is 10.1. The molecule has 2 rings (SSSR count). The average molecular weight is 286 g/mol. The van der Waals surface area contributed by atoms with Crippen molar-refractivity contribution < 1.29 is 9.47 Å². The number of hydrogen-bond acceptors (Lipinski definition) is 3. The van der Waals surface area contributed by atoms with E-state index in [2.05, 4.69) is 20.9 Å². The van der Waals surface area contributed by atoms with Crippen LogP contribution in [0, 0.1) is 0 Å². The molecule has 0 aromatic heterocycles. The number of aliphatic imine (C=N–C) groups is 1. The summed E-state index contributed by atoms with van der Waals surface area (Å²) in [5.41, 5.74) is 11.6. The minimum Gasteiger partial charge on any atom is -0.454 e. The van der Waals surface area contributed by atoms with Crippen molar-refractivity contribution in [3.63, 3.8) is 0 Å². The van der Waals surface area contributed by atoms with Crippen LogP contribution in [0.15, 0.2) is 21.6 Å². The highest BCUT2D eigenvalue weighted by Gasteiger charge is 2.15. The summed E-state index contributed by atoms with van der Waals surface area (Å²) in [6.07, 6.45) is 0.745. The third-order valence-electron chi connectivity index (χ3n) is 2.22. The fraction of sp³-hybridized carbons (Fsp3) is 0.300. The van der Waals surface area contributed by atoms with Crippen molar-refractivity contribution in [1.29, 1.82) is 0 Å². The molecule has 5 nitrogen and oxygen atoms in total. The third-order valence-corrected chi connectivity index (χ3v) is 2.96. The van der Waals surface area contributed by atoms with Crippen LogP contribution in [0.1, 0.15) is 5.56 Å². The summed E-state index contributed by atoms with van der Waals surface area (Å²) in [6.45, 7) is 0.833. The van der Waals surface area contributed by atoms with Crippen LogP contribution < -0.4 is 20.9 Å². The summed E-state index contributed by atoms with van der Waals surface area (Å²) in [5.74, 6) is 1.64. The maximum atomic E-state index is 5.29. The number of hydrogen-bond donors (Lipinski definition) is 2. The summed E-state index contributed by atoms with van der Waals surface area (Å²) in [6, 6.07) is 3.84. The van der Waals surface area contributed by atoms with Gasteiger partial charge in [-0.1, -0.05) is 15.9 Å². The summed E-state index contributed by atoms with van der Waals surface area (Å²) < 4.78 is 11.5. The molecule has 6 heteroatoms. The second-order valence-electron chi connectivity index (χ2n) is 3.35. The van der Waals surface area contributed by atoms with Crippen LogP contribution in [0.2, 0.25) is 0 Å². The lowest BCUT2D eigenvalue weighted by Crippen LogP contribution is -2.23. The van der Waals surface area contributed by atoms with E-state index in [1.165, 1.54) is 0 Å². The van der Waals surface area contributed by atoms with Gasteiger partial charge in [-0.05, 0) is 24.1 Å². The second kappa shape index (κ2) is 4.61. The maximum Gasteiger partial charge on any atom is 0.231 e. The van der Waals surface area contributed by atoms with E-state index in [1.807, 2.05) is 12.1 Å². The van der Waals surface area contributed by atoms with Gasteiger partial charge >= 0.3 is 0 Å². The van der Waals surface area contributed by atoms with Crippen molar-refractivity contribution in [2.24, 2.45) is 16.5 Å². The highest BCUT2D eigenvalue weighted by atomic mass is 79.9. The van der Waals surface area contributed by atoms with Crippen molar-refractivity contribution in [1.82, 2.24) is 0 Å². The van der Waals surface area contributed by atoms with Gasteiger partial charge in [0.15, 0.2) is 17.5 Å². The van der Waals surface area contributed by atoms with Crippen molar-refractivity contribution in [2.75, 3.05) is 13.3 Å². The fourth-order valence-electron chi connectivity index (χ4n) is 1.46. The highest BCUT2D eigenvalue weighted by molar-refractivity contribution is 9.10. The molecule has 0 bridgehead atoms. The Labute approximate surface area is 102 Å². The van der Waals surface area contributed by atoms with E-state index in [4.69, 9.17) is 20.9 Å². The number of fused-ring (bicyclic) bond motifs is 1. The van der Waals surface area contributed by atoms with Gasteiger partial charge in [0.1, 0.15) is 0 Å². The largest absolute Gasteiger partial charge is 0.454 e. The Morgan fingerprint density at radius 2 is 2.00 bits per heavy atom. The van der Waals surface area contributed by atoms with Crippen LogP contribution in [0.5, 0.6) is 11.5 Å². The predicted octanol–water partition coefficient (Wildman–Crippen LogP) is 0.994. The fourth-order valence-corrected chi connectivity index (χ4v) is 1.98. The van der Waals surface area contributed by atoms with Gasteiger partial charge in [0, 0.05) is 11.0 Å². The molecule has 0 radical (unpaired) electrons. The Morgan fingerprint density at radius 3 is 2.69 bits per heavy atom. The smallest absolute Gasteiger partial charge is 0.231 e. The zero-order chi connectivity index (χ0) is 11.5. The van der Waals surface area contributed by atoms with Gasteiger partial charge in [-0.3, -0.25) is 4.99 Å². The van der Waals surface area contributed by atoms with E-state index in [0.29, 0.717) is 6.54 Å². The Balaban J connectivity index is 2.12. The summed E-state index contributed by atoms with van der Waals surface area (Å²) in [7, 11) is 0. The Morgan fingerprint density at radius 1 is 1.31 bits per heavy atom. The molecule has 0 unspecified atom stereocenters. The molecule has 0 saturated carbocycles. The molecule has 0 atom stereocenters. The minimum atomic E-state index is 0.108. The maximum absolute atomic E-state index is 5.29. The number of rotatable bonds is 3. The van der Waals surface area contributed by atoms with Gasteiger partial charge in [0.2, 0.25) is 6.79 Å². The van der Waals surface area contributed by atoms with E-state index in [1.54, 1.807) is 0 Å². The van der Waals surface area contributed by atoms with Crippen LogP contribution in [-0.2, 0) is 6.42 Å². The van der Waals surface area contributed by atoms with E-state index < -0.39 is 0 Å². The third kappa shape index (κ3) is 2.38. The van der Waals surface area contributed by atoms with E-state index >= 15 is 0 Å². The zero-order valence-corrected chi connectivity index (χ0v) is 10.2. The monoisotopic (exact) mass is 285 g/mol. The molecule has 1 aromatic rings. The van der Waals surface area contributed by atoms with Crippen LogP contribution in [0.3, 0.4) is 0 Å². The van der Waals surface area contributed by atoms with E-state index in [9.17, 15) is 0 Å². The first kappa shape index (κ1) is 11.1. The number of guanidine groups is 1. The van der Waals surface area contributed by atoms with Gasteiger partial charge in [-0.15, -0.1) is 0 Å². The molecule has 16 heavy (non-hydrogen) atoms. The number of ether oxygens (including phenoxy) is 2. The number of nitrogens with two attached hydrogens (primary N) is 2. The van der Waals surface area contributed by atoms with Crippen molar-refractivity contribution in [2.45, 2.75) is 6.42 Å². The van der Waals surface area contributed by atoms with Crippen LogP contribution >= 0.6 is 15.9 Å². The van der Waals surface area contributed by atoms with Crippen LogP contribution in [0.4, 0.5) is 0 Å². The molecule has 0 amide bonds. The van der Waals surface area contributed by atoms with Gasteiger partial charge < -0.3 is 20.9 Å². The first-order chi connectivity index (χ1) is 7.66. The predicted molar refractivity (Wildman–Crippen MR) is 64.6 cm³/mol. The molecule has 0 saturated heterocycles. The van der Waals surface area contributed by atoms with Crippen LogP contribution in [0.25, 0.3) is 0 Å². The Kier molecular flexibility index (Phi) is 3.19. The summed E-state index contributed by atoms with van der Waals surface area (Å²) in [4.78, 5) is 3.93. The van der Waals surface area contributed by atoms with Gasteiger partial charge in [-0.25, -0.2) is 0 Å². The molecule has 86 valence electrons. The van der Waals surface area contributed by atoms with Gasteiger partial charge in [-0.2, -0.15) is 0 Å². The van der Waals surface area contributed by atoms with Crippen molar-refractivity contribution in [3.8, 4) is 11.5 Å². The first-order valence-corrected chi connectivity index (χ1v) is 5.59. The molecule has 4 N–H and O–H groups in total. The molecule has 0 spiro atoms. The number of benzene rings is 1. The first-order valence-electron chi connectivity index (χ1n) is 4.80. The Hall–Kier alpha value is -1.43. The topological polar surface area (TPSA) is 82.9 Å². The standard InChI is InChI=1S/C10H12BrN3O2/c11-7-4-9-8(15-5-16-9)3-6(7)1-2-14-10(12)13/h3-4H,1-2,5H2,(H4,12,13,14). The molecule has 1 aliphatic heterocycles. The van der Waals surface area contributed by atoms with Crippen LogP contribution in [-0.4, -0.2) is 19.3 Å². The van der Waals surface area contributed by atoms with Crippen molar-refractivity contribution in [3.05, 3.63) is 22.2 Å². The summed E-state index contributed by atoms with van der Waals surface area (Å²) >= 11 is 3.47. The highest BCUT2D eigenvalue weighted by Crippen LogP contribution is 2.36. The zero-order valence-electron chi connectivity index (χ0n) is 8.57. The quantitative estimate of drug-likeness (QED) is 0.641. The number of nitrogens with zero attached hydrogens (tertiary/aromatic N) is 1. The van der Waals surface area contributed by atoms with Crippen molar-refractivity contribution >= 4 is 21.9 Å². The molecular weight excluding hydrogens is 274 g/mol. The average Bonchev–Trinajstić information content (AvgIpc) is 2.64. The SMILES string of the molecule is NC(N)=NCCc1cc2c(cc1Br)OCO2. The number of halogens is 1.